The number of methoxy groups -OCH3 is 4. The Labute approximate surface area is 677 Å². The normalized spacial score (nSPS) is 14.7. The Morgan fingerprint density at radius 2 is 0.776 bits per heavy atom. The third-order valence-corrected chi connectivity index (χ3v) is 21.4. The lowest BCUT2D eigenvalue weighted by molar-refractivity contribution is 0.0134. The van der Waals surface area contributed by atoms with Crippen molar-refractivity contribution >= 4 is 90.7 Å². The van der Waals surface area contributed by atoms with E-state index in [9.17, 15) is 13.9 Å². The van der Waals surface area contributed by atoms with E-state index in [0.717, 1.165) is 190 Å². The van der Waals surface area contributed by atoms with Gasteiger partial charge in [-0.25, -0.2) is 38.7 Å². The number of rotatable bonds is 23. The molecule has 12 heterocycles. The molecule has 8 aromatic heterocycles. The van der Waals surface area contributed by atoms with E-state index in [1.54, 1.807) is 59.4 Å². The van der Waals surface area contributed by atoms with Crippen molar-refractivity contribution in [3.63, 3.8) is 0 Å². The summed E-state index contributed by atoms with van der Waals surface area (Å²) in [5.41, 5.74) is 16.5. The standard InChI is InChI=1S/C22H30N6O.C21H26F2N6O.C21H28N6O2.C21H28N6O/c1-14(2)6-9-28-21-18(15(3)26-28)12-23-22(25-21)24-19-10-17-13-27(4)8-7-16(17)11-20(19)29-5;1-12(2)29-19-15(18(27-29)21(3,22)23)10-24-20(26-19)25-16-8-14-11-28(4)7-6-13(14)9-17(16)30-5;1-21(2,28)6-8-27-19-16(12-23-27)11-22-20(25-19)24-17-9-15-13-26(3)7-5-14(15)10-18(17)29-4;1-14(2)5-8-27-20-17(12-23-27)11-22-21(25-20)24-18-9-16-13-26(3)7-6-15(16)10-19(18)28-4/h10-12,14H,6-9,13H2,1-5H3,(H,23,24,25);8-10,12H,6-7,11H2,1-5H3,(H,24,25,26);9-12,28H,5-8,13H2,1-4H3,(H,22,24,25);9-12,14H,5-8,13H2,1-4H3,(H,22,24,25). The first-order valence-electron chi connectivity index (χ1n) is 40.0. The topological polar surface area (TPSA) is 293 Å². The number of benzene rings is 4. The first-order chi connectivity index (χ1) is 55.5. The Morgan fingerprint density at radius 1 is 0.431 bits per heavy atom. The predicted octanol–water partition coefficient (Wildman–Crippen LogP) is 14.5. The quantitative estimate of drug-likeness (QED) is 0.0397. The molecule has 0 bridgehead atoms. The maximum Gasteiger partial charge on any atom is 0.289 e. The Morgan fingerprint density at radius 3 is 1.13 bits per heavy atom. The van der Waals surface area contributed by atoms with Gasteiger partial charge in [-0.15, -0.1) is 0 Å². The second-order valence-electron chi connectivity index (χ2n) is 32.8. The molecule has 0 unspecified atom stereocenters. The molecule has 616 valence electrons. The molecule has 0 saturated carbocycles. The molecule has 29 nitrogen and oxygen atoms in total. The number of nitrogens with one attached hydrogen (secondary N) is 4. The molecule has 4 aromatic carbocycles. The minimum atomic E-state index is -3.08. The van der Waals surface area contributed by atoms with E-state index in [1.165, 1.54) is 55.4 Å². The number of nitrogens with zero attached hydrogens (tertiary/aromatic N) is 20. The highest BCUT2D eigenvalue weighted by molar-refractivity contribution is 5.82. The Hall–Kier alpha value is -10.9. The van der Waals surface area contributed by atoms with Crippen molar-refractivity contribution < 1.29 is 32.8 Å². The number of hydrogen-bond donors (Lipinski definition) is 5. The van der Waals surface area contributed by atoms with E-state index >= 15 is 0 Å². The summed E-state index contributed by atoms with van der Waals surface area (Å²) in [4.78, 5) is 45.6. The number of alkyl halides is 2. The highest BCUT2D eigenvalue weighted by Crippen LogP contribution is 2.40. The van der Waals surface area contributed by atoms with Crippen LogP contribution in [0.1, 0.15) is 144 Å². The number of halogens is 2. The van der Waals surface area contributed by atoms with Gasteiger partial charge in [0.2, 0.25) is 23.8 Å². The van der Waals surface area contributed by atoms with Crippen molar-refractivity contribution in [2.24, 2.45) is 11.8 Å². The van der Waals surface area contributed by atoms with Crippen LogP contribution in [0.15, 0.2) is 85.7 Å². The van der Waals surface area contributed by atoms with Crippen molar-refractivity contribution in [1.82, 2.24) is 98.6 Å². The van der Waals surface area contributed by atoms with Crippen LogP contribution in [0, 0.1) is 18.8 Å². The van der Waals surface area contributed by atoms with Gasteiger partial charge < -0.3 is 64.9 Å². The van der Waals surface area contributed by atoms with Gasteiger partial charge in [0.25, 0.3) is 5.92 Å². The minimum Gasteiger partial charge on any atom is -0.495 e. The molecular formula is C85H112F2N24O5. The fraction of sp³-hybridized carbons (Fsp3) is 0.482. The number of aliphatic hydroxyl groups is 1. The van der Waals surface area contributed by atoms with Gasteiger partial charge in [-0.2, -0.15) is 49.1 Å². The summed E-state index contributed by atoms with van der Waals surface area (Å²) in [5, 5.41) is 44.0. The number of aromatic nitrogens is 16. The first-order valence-corrected chi connectivity index (χ1v) is 40.0. The molecule has 0 amide bonds. The number of aryl methyl sites for hydroxylation is 4. The highest BCUT2D eigenvalue weighted by Gasteiger charge is 2.33. The lowest BCUT2D eigenvalue weighted by Gasteiger charge is -2.26. The van der Waals surface area contributed by atoms with Crippen LogP contribution in [0.5, 0.6) is 23.0 Å². The fourth-order valence-electron chi connectivity index (χ4n) is 14.8. The molecular weight excluding hydrogens is 1480 g/mol. The maximum absolute atomic E-state index is 14.0. The summed E-state index contributed by atoms with van der Waals surface area (Å²) < 4.78 is 57.8. The molecule has 4 aliphatic rings. The van der Waals surface area contributed by atoms with E-state index < -0.39 is 11.5 Å². The van der Waals surface area contributed by atoms with Gasteiger partial charge in [0.15, 0.2) is 22.6 Å². The highest BCUT2D eigenvalue weighted by atomic mass is 19.3. The molecule has 5 N–H and O–H groups in total. The Balaban J connectivity index is 0.000000135. The molecule has 0 radical (unpaired) electrons. The van der Waals surface area contributed by atoms with Crippen LogP contribution < -0.4 is 40.2 Å². The van der Waals surface area contributed by atoms with Gasteiger partial charge in [0, 0.05) is 110 Å². The molecule has 0 saturated heterocycles. The fourth-order valence-corrected chi connectivity index (χ4v) is 14.8. The summed E-state index contributed by atoms with van der Waals surface area (Å²) in [7, 11) is 15.2. The maximum atomic E-state index is 14.0. The van der Waals surface area contributed by atoms with E-state index in [1.807, 2.05) is 60.9 Å². The van der Waals surface area contributed by atoms with Crippen LogP contribution in [-0.2, 0) is 77.4 Å². The van der Waals surface area contributed by atoms with Gasteiger partial charge in [0.1, 0.15) is 28.7 Å². The second kappa shape index (κ2) is 35.7. The van der Waals surface area contributed by atoms with Crippen molar-refractivity contribution in [3.05, 3.63) is 142 Å². The van der Waals surface area contributed by atoms with Crippen LogP contribution in [0.2, 0.25) is 0 Å². The second-order valence-corrected chi connectivity index (χ2v) is 32.8. The number of ether oxygens (including phenoxy) is 4. The smallest absolute Gasteiger partial charge is 0.289 e. The van der Waals surface area contributed by atoms with Crippen LogP contribution in [-0.4, -0.2) is 192 Å². The molecule has 4 aliphatic heterocycles. The lowest BCUT2D eigenvalue weighted by Crippen LogP contribution is -2.26. The molecule has 116 heavy (non-hydrogen) atoms. The van der Waals surface area contributed by atoms with Gasteiger partial charge >= 0.3 is 0 Å². The minimum absolute atomic E-state index is 0.125. The number of anilines is 8. The zero-order valence-electron chi connectivity index (χ0n) is 70.3. The van der Waals surface area contributed by atoms with E-state index in [4.69, 9.17) is 28.9 Å². The average molecular weight is 1590 g/mol. The van der Waals surface area contributed by atoms with Gasteiger partial charge in [-0.1, -0.05) is 27.7 Å². The molecule has 0 aliphatic carbocycles. The van der Waals surface area contributed by atoms with Crippen molar-refractivity contribution in [2.45, 2.75) is 178 Å². The van der Waals surface area contributed by atoms with Crippen LogP contribution in [0.4, 0.5) is 55.3 Å². The third kappa shape index (κ3) is 19.8. The number of fused-ring (bicyclic) bond motifs is 8. The van der Waals surface area contributed by atoms with Crippen LogP contribution in [0.3, 0.4) is 0 Å². The molecule has 16 rings (SSSR count). The molecule has 0 spiro atoms. The predicted molar refractivity (Wildman–Crippen MR) is 451 cm³/mol. The first kappa shape index (κ1) is 83.1. The number of hydrogen-bond acceptors (Lipinski definition) is 25. The Bertz CT molecular complexity index is 5450. The van der Waals surface area contributed by atoms with Gasteiger partial charge in [-0.05, 0) is 213 Å². The summed E-state index contributed by atoms with van der Waals surface area (Å²) in [6, 6.07) is 16.8. The zero-order chi connectivity index (χ0) is 82.4. The van der Waals surface area contributed by atoms with E-state index in [-0.39, 0.29) is 17.1 Å². The summed E-state index contributed by atoms with van der Waals surface area (Å²) >= 11 is 0. The zero-order valence-corrected chi connectivity index (χ0v) is 70.3. The van der Waals surface area contributed by atoms with Crippen molar-refractivity contribution in [1.29, 1.82) is 0 Å². The third-order valence-electron chi connectivity index (χ3n) is 21.4. The average Bonchev–Trinajstić information content (AvgIpc) is 1.60. The molecule has 0 atom stereocenters. The largest absolute Gasteiger partial charge is 0.495 e. The van der Waals surface area contributed by atoms with E-state index in [2.05, 4.69) is 183 Å². The van der Waals surface area contributed by atoms with Gasteiger partial charge in [-0.3, -0.25) is 0 Å². The van der Waals surface area contributed by atoms with Crippen LogP contribution >= 0.6 is 0 Å². The molecule has 12 aromatic rings. The van der Waals surface area contributed by atoms with Gasteiger partial charge in [0.05, 0.1) is 96.4 Å². The Kier molecular flexibility index (Phi) is 25.6. The van der Waals surface area contributed by atoms with E-state index in [0.29, 0.717) is 60.0 Å². The lowest BCUT2D eigenvalue weighted by atomic mass is 9.99. The summed E-state index contributed by atoms with van der Waals surface area (Å²) in [6.07, 6.45) is 17.2. The van der Waals surface area contributed by atoms with Crippen molar-refractivity contribution in [3.8, 4) is 23.0 Å². The monoisotopic (exact) mass is 1590 g/mol. The summed E-state index contributed by atoms with van der Waals surface area (Å²) in [6.45, 7) is 29.2. The molecule has 31 heteroatoms. The SMILES string of the molecule is COc1cc2c(cc1Nc1ncc3c(C(C)(F)F)nn(C(C)C)c3n1)CN(C)CC2.COc1cc2c(cc1Nc1ncc3c(C)nn(CCC(C)C)c3n1)CN(C)CC2.COc1cc2c(cc1Nc1ncc3cnn(CCC(C)(C)O)c3n1)CN(C)CC2.COc1cc2c(cc1Nc1ncc3cnn(CCC(C)C)c3n1)CN(C)CC2. The molecule has 0 fully saturated rings. The van der Waals surface area contributed by atoms with Crippen molar-refractivity contribution in [2.75, 3.05) is 104 Å². The summed E-state index contributed by atoms with van der Waals surface area (Å²) in [5.74, 6) is 3.19. The van der Waals surface area contributed by atoms with Crippen LogP contribution in [0.25, 0.3) is 44.1 Å². The number of likely N-dealkylation sites (N-methyl/N-ethyl adjacent to an activating group) is 4.